The first-order valence-corrected chi connectivity index (χ1v) is 10.1. The van der Waals surface area contributed by atoms with Gasteiger partial charge in [-0.05, 0) is 35.2 Å². The smallest absolute Gasteiger partial charge is 0.327 e. The molecule has 8 heteroatoms. The number of carboxylic acids is 1. The monoisotopic (exact) mass is 430 g/mol. The first-order valence-electron chi connectivity index (χ1n) is 10.1. The van der Waals surface area contributed by atoms with E-state index in [1.165, 1.54) is 6.20 Å². The molecule has 3 aromatic rings. The number of nitrogens with one attached hydrogen (secondary N) is 1. The molecule has 2 aromatic carbocycles. The summed E-state index contributed by atoms with van der Waals surface area (Å²) in [4.78, 5) is 42.5. The van der Waals surface area contributed by atoms with Gasteiger partial charge in [-0.15, -0.1) is 0 Å². The summed E-state index contributed by atoms with van der Waals surface area (Å²) >= 11 is 0. The number of hydrogen-bond acceptors (Lipinski definition) is 5. The lowest BCUT2D eigenvalue weighted by atomic mass is 9.82. The van der Waals surface area contributed by atoms with Gasteiger partial charge in [0, 0.05) is 6.20 Å². The van der Waals surface area contributed by atoms with E-state index in [4.69, 9.17) is 5.73 Å². The molecule has 1 aromatic heterocycles. The van der Waals surface area contributed by atoms with Crippen molar-refractivity contribution in [3.8, 4) is 0 Å². The molecular weight excluding hydrogens is 408 g/mol. The number of nitrogen functional groups attached to an aromatic ring is 1. The second-order valence-corrected chi connectivity index (χ2v) is 7.59. The van der Waals surface area contributed by atoms with Crippen molar-refractivity contribution in [3.63, 3.8) is 0 Å². The van der Waals surface area contributed by atoms with Crippen LogP contribution in [0, 0.1) is 5.92 Å². The number of urea groups is 1. The molecule has 0 radical (unpaired) electrons. The molecule has 4 N–H and O–H groups in total. The summed E-state index contributed by atoms with van der Waals surface area (Å²) in [5, 5.41) is 12.6. The lowest BCUT2D eigenvalue weighted by Crippen LogP contribution is -2.68. The fourth-order valence-electron chi connectivity index (χ4n) is 3.97. The van der Waals surface area contributed by atoms with Crippen LogP contribution in [0.3, 0.4) is 0 Å². The van der Waals surface area contributed by atoms with Gasteiger partial charge in [-0.25, -0.2) is 19.5 Å². The van der Waals surface area contributed by atoms with E-state index in [1.807, 2.05) is 60.7 Å². The third-order valence-electron chi connectivity index (χ3n) is 5.52. The molecule has 162 valence electrons. The predicted molar refractivity (Wildman–Crippen MR) is 117 cm³/mol. The lowest BCUT2D eigenvalue weighted by Gasteiger charge is -2.43. The van der Waals surface area contributed by atoms with Gasteiger partial charge in [0.1, 0.15) is 5.82 Å². The van der Waals surface area contributed by atoms with Crippen LogP contribution in [-0.4, -0.2) is 38.9 Å². The Bertz CT molecular complexity index is 1100. The first kappa shape index (κ1) is 21.0. The van der Waals surface area contributed by atoms with E-state index in [0.717, 1.165) is 16.0 Å². The number of rotatable bonds is 6. The second kappa shape index (κ2) is 8.89. The number of hydrogen-bond donors (Lipinski definition) is 3. The Morgan fingerprint density at radius 1 is 1.03 bits per heavy atom. The summed E-state index contributed by atoms with van der Waals surface area (Å²) in [6.07, 6.45) is 1.66. The molecule has 0 spiro atoms. The number of amides is 3. The highest BCUT2D eigenvalue weighted by Gasteiger charge is 2.54. The molecule has 0 bridgehead atoms. The van der Waals surface area contributed by atoms with Crippen molar-refractivity contribution in [2.75, 3.05) is 5.73 Å². The molecule has 2 atom stereocenters. The van der Waals surface area contributed by atoms with Crippen LogP contribution in [0.25, 0.3) is 0 Å². The quantitative estimate of drug-likeness (QED) is 0.516. The van der Waals surface area contributed by atoms with Gasteiger partial charge in [-0.1, -0.05) is 60.7 Å². The van der Waals surface area contributed by atoms with E-state index in [1.54, 1.807) is 12.1 Å². The van der Waals surface area contributed by atoms with Gasteiger partial charge in [-0.3, -0.25) is 4.79 Å². The van der Waals surface area contributed by atoms with Crippen molar-refractivity contribution in [1.29, 1.82) is 0 Å². The van der Waals surface area contributed by atoms with Crippen molar-refractivity contribution >= 4 is 23.7 Å². The highest BCUT2D eigenvalue weighted by molar-refractivity contribution is 6.07. The molecule has 1 saturated heterocycles. The maximum absolute atomic E-state index is 13.1. The van der Waals surface area contributed by atoms with E-state index < -0.39 is 35.9 Å². The summed E-state index contributed by atoms with van der Waals surface area (Å²) in [6, 6.07) is 19.3. The maximum Gasteiger partial charge on any atom is 0.327 e. The van der Waals surface area contributed by atoms with Crippen LogP contribution < -0.4 is 11.1 Å². The number of carboxylic acid groups (broad SMARTS) is 1. The minimum absolute atomic E-state index is 0.160. The van der Waals surface area contributed by atoms with Crippen LogP contribution in [0.2, 0.25) is 0 Å². The third-order valence-corrected chi connectivity index (χ3v) is 5.52. The molecule has 1 aliphatic rings. The van der Waals surface area contributed by atoms with Crippen LogP contribution >= 0.6 is 0 Å². The SMILES string of the molecule is Nc1cc(CC2C(=O)N(C(=O)NC(c3ccccc3)c3ccccc3)[C@@H]2C(=O)O)ccn1. The first-order chi connectivity index (χ1) is 15.5. The fraction of sp³-hybridized carbons (Fsp3) is 0.167. The number of pyridine rings is 1. The van der Waals surface area contributed by atoms with Gasteiger partial charge >= 0.3 is 12.0 Å². The van der Waals surface area contributed by atoms with E-state index in [9.17, 15) is 19.5 Å². The number of carbonyl (C=O) groups is 3. The fourth-order valence-corrected chi connectivity index (χ4v) is 3.97. The van der Waals surface area contributed by atoms with Gasteiger partial charge in [0.15, 0.2) is 6.04 Å². The van der Waals surface area contributed by atoms with Crippen molar-refractivity contribution in [2.45, 2.75) is 18.5 Å². The van der Waals surface area contributed by atoms with Crippen LogP contribution in [-0.2, 0) is 16.0 Å². The Morgan fingerprint density at radius 3 is 2.16 bits per heavy atom. The zero-order valence-corrected chi connectivity index (χ0v) is 17.1. The van der Waals surface area contributed by atoms with Crippen LogP contribution in [0.1, 0.15) is 22.7 Å². The van der Waals surface area contributed by atoms with E-state index in [2.05, 4.69) is 10.3 Å². The molecule has 3 amide bonds. The van der Waals surface area contributed by atoms with Crippen molar-refractivity contribution in [3.05, 3.63) is 95.7 Å². The average molecular weight is 430 g/mol. The number of imide groups is 1. The summed E-state index contributed by atoms with van der Waals surface area (Å²) in [5.74, 6) is -2.34. The van der Waals surface area contributed by atoms with Gasteiger partial charge in [0.25, 0.3) is 0 Å². The minimum Gasteiger partial charge on any atom is -0.480 e. The Labute approximate surface area is 184 Å². The van der Waals surface area contributed by atoms with Crippen molar-refractivity contribution < 1.29 is 19.5 Å². The van der Waals surface area contributed by atoms with Gasteiger partial charge in [0.2, 0.25) is 5.91 Å². The van der Waals surface area contributed by atoms with Gasteiger partial charge in [-0.2, -0.15) is 0 Å². The topological polar surface area (TPSA) is 126 Å². The van der Waals surface area contributed by atoms with E-state index in [0.29, 0.717) is 5.56 Å². The molecule has 2 heterocycles. The molecule has 1 unspecified atom stereocenters. The molecule has 0 saturated carbocycles. The van der Waals surface area contributed by atoms with Crippen molar-refractivity contribution in [1.82, 2.24) is 15.2 Å². The molecule has 0 aliphatic carbocycles. The Morgan fingerprint density at radius 2 is 1.62 bits per heavy atom. The normalized spacial score (nSPS) is 17.7. The zero-order chi connectivity index (χ0) is 22.7. The highest BCUT2D eigenvalue weighted by Crippen LogP contribution is 2.32. The van der Waals surface area contributed by atoms with Crippen LogP contribution in [0.5, 0.6) is 0 Å². The van der Waals surface area contributed by atoms with Crippen LogP contribution in [0.15, 0.2) is 79.0 Å². The summed E-state index contributed by atoms with van der Waals surface area (Å²) in [7, 11) is 0. The number of aromatic nitrogens is 1. The number of likely N-dealkylation sites (tertiary alicyclic amines) is 1. The average Bonchev–Trinajstić information content (AvgIpc) is 2.80. The largest absolute Gasteiger partial charge is 0.480 e. The second-order valence-electron chi connectivity index (χ2n) is 7.59. The molecule has 1 aliphatic heterocycles. The number of aliphatic carboxylic acids is 1. The Balaban J connectivity index is 1.56. The number of carbonyl (C=O) groups excluding carboxylic acids is 2. The van der Waals surface area contributed by atoms with E-state index >= 15 is 0 Å². The minimum atomic E-state index is -1.26. The van der Waals surface area contributed by atoms with Gasteiger partial charge in [0.05, 0.1) is 12.0 Å². The third kappa shape index (κ3) is 4.15. The molecular formula is C24H22N4O4. The highest BCUT2D eigenvalue weighted by atomic mass is 16.4. The zero-order valence-electron chi connectivity index (χ0n) is 17.1. The number of benzene rings is 2. The number of β-lactam (4-membered cyclic amide) rings is 1. The number of anilines is 1. The summed E-state index contributed by atoms with van der Waals surface area (Å²) in [5.41, 5.74) is 8.00. The Kier molecular flexibility index (Phi) is 5.85. The van der Waals surface area contributed by atoms with Crippen LogP contribution in [0.4, 0.5) is 10.6 Å². The maximum atomic E-state index is 13.1. The Hall–Kier alpha value is -4.20. The molecule has 4 rings (SSSR count). The number of nitrogens with two attached hydrogens (primary N) is 1. The molecule has 1 fully saturated rings. The van der Waals surface area contributed by atoms with E-state index in [-0.39, 0.29) is 12.2 Å². The number of nitrogens with zero attached hydrogens (tertiary/aromatic N) is 2. The standard InChI is InChI=1S/C24H22N4O4/c25-19-14-15(11-12-26-19)13-18-21(23(30)31)28(22(18)29)24(32)27-20(16-7-3-1-4-8-16)17-9-5-2-6-10-17/h1-12,14,18,20-21H,13H2,(H2,25,26)(H,27,32)(H,30,31)/t18?,21-/m0/s1. The van der Waals surface area contributed by atoms with Crippen molar-refractivity contribution in [2.24, 2.45) is 5.92 Å². The summed E-state index contributed by atoms with van der Waals surface area (Å²) in [6.45, 7) is 0. The predicted octanol–water partition coefficient (Wildman–Crippen LogP) is 2.62. The van der Waals surface area contributed by atoms with Gasteiger partial charge < -0.3 is 16.2 Å². The lowest BCUT2D eigenvalue weighted by molar-refractivity contribution is -0.165. The summed E-state index contributed by atoms with van der Waals surface area (Å²) < 4.78 is 0. The molecule has 32 heavy (non-hydrogen) atoms. The molecule has 8 nitrogen and oxygen atoms in total.